The van der Waals surface area contributed by atoms with E-state index >= 15 is 0 Å². The molecule has 0 spiro atoms. The summed E-state index contributed by atoms with van der Waals surface area (Å²) in [6.07, 6.45) is 3.28. The quantitative estimate of drug-likeness (QED) is 0.457. The Hall–Kier alpha value is -1.62. The van der Waals surface area contributed by atoms with Gasteiger partial charge in [-0.15, -0.1) is 13.2 Å². The second kappa shape index (κ2) is 9.41. The summed E-state index contributed by atoms with van der Waals surface area (Å²) in [5, 5.41) is 0. The van der Waals surface area contributed by atoms with Crippen LogP contribution in [0.2, 0.25) is 0 Å². The van der Waals surface area contributed by atoms with Crippen LogP contribution in [0.3, 0.4) is 0 Å². The molecule has 0 aliphatic heterocycles. The number of ether oxygens (including phenoxy) is 2. The molecule has 5 nitrogen and oxygen atoms in total. The maximum absolute atomic E-state index is 11.7. The van der Waals surface area contributed by atoms with Crippen LogP contribution in [0.1, 0.15) is 13.3 Å². The fraction of sp³-hybridized carbons (Fsp3) is 0.538. The van der Waals surface area contributed by atoms with Crippen molar-refractivity contribution in [3.63, 3.8) is 0 Å². The Morgan fingerprint density at radius 1 is 1.28 bits per heavy atom. The molecular formula is C13H21NO4. The van der Waals surface area contributed by atoms with E-state index in [4.69, 9.17) is 9.47 Å². The Morgan fingerprint density at radius 2 is 1.83 bits per heavy atom. The summed E-state index contributed by atoms with van der Waals surface area (Å²) in [4.78, 5) is 24.9. The first kappa shape index (κ1) is 16.4. The number of hydrogen-bond donors (Lipinski definition) is 0. The van der Waals surface area contributed by atoms with Crippen LogP contribution in [0, 0.1) is 0 Å². The summed E-state index contributed by atoms with van der Waals surface area (Å²) in [6.45, 7) is 10.2. The molecule has 5 heteroatoms. The molecule has 0 aliphatic carbocycles. The minimum Gasteiger partial charge on any atom is -0.468 e. The SMILES string of the molecule is C=CCN(CC=C)C(CC(=O)OCC)C(=O)OC. The molecule has 0 aliphatic rings. The van der Waals surface area contributed by atoms with Crippen LogP contribution in [0.4, 0.5) is 0 Å². The molecular weight excluding hydrogens is 234 g/mol. The Balaban J connectivity index is 4.81. The van der Waals surface area contributed by atoms with Gasteiger partial charge in [0.1, 0.15) is 6.04 Å². The Morgan fingerprint density at radius 3 is 2.22 bits per heavy atom. The average molecular weight is 255 g/mol. The van der Waals surface area contributed by atoms with E-state index in [1.807, 2.05) is 0 Å². The van der Waals surface area contributed by atoms with Gasteiger partial charge in [-0.25, -0.2) is 0 Å². The minimum atomic E-state index is -0.676. The first-order valence-electron chi connectivity index (χ1n) is 5.79. The third kappa shape index (κ3) is 5.63. The summed E-state index contributed by atoms with van der Waals surface area (Å²) in [6, 6.07) is -0.676. The molecule has 0 saturated carbocycles. The van der Waals surface area contributed by atoms with Crippen LogP contribution >= 0.6 is 0 Å². The molecule has 0 aromatic carbocycles. The van der Waals surface area contributed by atoms with E-state index in [9.17, 15) is 9.59 Å². The number of esters is 2. The van der Waals surface area contributed by atoms with Crippen LogP contribution in [-0.4, -0.2) is 49.7 Å². The molecule has 0 radical (unpaired) electrons. The molecule has 0 heterocycles. The lowest BCUT2D eigenvalue weighted by Gasteiger charge is -2.26. The van der Waals surface area contributed by atoms with Gasteiger partial charge in [-0.2, -0.15) is 0 Å². The largest absolute Gasteiger partial charge is 0.468 e. The first-order chi connectivity index (χ1) is 8.60. The summed E-state index contributed by atoms with van der Waals surface area (Å²) in [5.74, 6) is -0.891. The number of carbonyl (C=O) groups is 2. The summed E-state index contributed by atoms with van der Waals surface area (Å²) < 4.78 is 9.56. The zero-order valence-electron chi connectivity index (χ0n) is 11.1. The van der Waals surface area contributed by atoms with Gasteiger partial charge in [0, 0.05) is 13.1 Å². The Kier molecular flexibility index (Phi) is 8.57. The topological polar surface area (TPSA) is 55.8 Å². The molecule has 0 saturated heterocycles. The van der Waals surface area contributed by atoms with Gasteiger partial charge in [-0.1, -0.05) is 12.2 Å². The molecule has 0 N–H and O–H groups in total. The van der Waals surface area contributed by atoms with Crippen molar-refractivity contribution in [2.24, 2.45) is 0 Å². The van der Waals surface area contributed by atoms with Crippen LogP contribution in [-0.2, 0) is 19.1 Å². The first-order valence-corrected chi connectivity index (χ1v) is 5.79. The fourth-order valence-corrected chi connectivity index (χ4v) is 1.54. The second-order valence-electron chi connectivity index (χ2n) is 3.58. The van der Waals surface area contributed by atoms with E-state index in [0.717, 1.165) is 0 Å². The molecule has 0 fully saturated rings. The van der Waals surface area contributed by atoms with E-state index in [1.54, 1.807) is 24.0 Å². The highest BCUT2D eigenvalue weighted by molar-refractivity contribution is 5.82. The number of nitrogens with zero attached hydrogens (tertiary/aromatic N) is 1. The van der Waals surface area contributed by atoms with Gasteiger partial charge in [-0.05, 0) is 6.92 Å². The predicted molar refractivity (Wildman–Crippen MR) is 69.0 cm³/mol. The molecule has 0 bridgehead atoms. The fourth-order valence-electron chi connectivity index (χ4n) is 1.54. The third-order valence-electron chi connectivity index (χ3n) is 2.31. The van der Waals surface area contributed by atoms with Crippen LogP contribution in [0.5, 0.6) is 0 Å². The van der Waals surface area contributed by atoms with Gasteiger partial charge in [-0.3, -0.25) is 14.5 Å². The molecule has 102 valence electrons. The lowest BCUT2D eigenvalue weighted by atomic mass is 10.1. The van der Waals surface area contributed by atoms with Crippen LogP contribution in [0.25, 0.3) is 0 Å². The van der Waals surface area contributed by atoms with Crippen LogP contribution in [0.15, 0.2) is 25.3 Å². The van der Waals surface area contributed by atoms with E-state index in [-0.39, 0.29) is 13.0 Å². The van der Waals surface area contributed by atoms with Crippen molar-refractivity contribution in [1.82, 2.24) is 4.90 Å². The number of methoxy groups -OCH3 is 1. The second-order valence-corrected chi connectivity index (χ2v) is 3.58. The van der Waals surface area contributed by atoms with Gasteiger partial charge >= 0.3 is 11.9 Å². The van der Waals surface area contributed by atoms with E-state index in [0.29, 0.717) is 13.1 Å². The zero-order chi connectivity index (χ0) is 14.0. The maximum Gasteiger partial charge on any atom is 0.323 e. The number of carbonyl (C=O) groups excluding carboxylic acids is 2. The normalized spacial score (nSPS) is 11.7. The highest BCUT2D eigenvalue weighted by atomic mass is 16.5. The van der Waals surface area contributed by atoms with Crippen molar-refractivity contribution in [3.05, 3.63) is 25.3 Å². The van der Waals surface area contributed by atoms with E-state index in [1.165, 1.54) is 7.11 Å². The lowest BCUT2D eigenvalue weighted by molar-refractivity contribution is -0.154. The third-order valence-corrected chi connectivity index (χ3v) is 2.31. The zero-order valence-corrected chi connectivity index (χ0v) is 11.1. The average Bonchev–Trinajstić information content (AvgIpc) is 2.35. The molecule has 0 aromatic rings. The minimum absolute atomic E-state index is 0.0395. The molecule has 0 rings (SSSR count). The van der Waals surface area contributed by atoms with E-state index in [2.05, 4.69) is 13.2 Å². The molecule has 1 unspecified atom stereocenters. The lowest BCUT2D eigenvalue weighted by Crippen LogP contribution is -2.43. The highest BCUT2D eigenvalue weighted by Crippen LogP contribution is 2.08. The van der Waals surface area contributed by atoms with Crippen molar-refractivity contribution < 1.29 is 19.1 Å². The van der Waals surface area contributed by atoms with Crippen molar-refractivity contribution in [2.75, 3.05) is 26.8 Å². The van der Waals surface area contributed by atoms with Gasteiger partial charge in [0.2, 0.25) is 0 Å². The van der Waals surface area contributed by atoms with Gasteiger partial charge in [0.25, 0.3) is 0 Å². The van der Waals surface area contributed by atoms with Crippen molar-refractivity contribution in [3.8, 4) is 0 Å². The standard InChI is InChI=1S/C13H21NO4/c1-5-8-14(9-6-2)11(13(16)17-4)10-12(15)18-7-3/h5-6,11H,1-2,7-10H2,3-4H3. The Labute approximate surface area is 108 Å². The molecule has 0 aromatic heterocycles. The smallest absolute Gasteiger partial charge is 0.323 e. The number of hydrogen-bond acceptors (Lipinski definition) is 5. The summed E-state index contributed by atoms with van der Waals surface area (Å²) in [5.41, 5.74) is 0. The summed E-state index contributed by atoms with van der Waals surface area (Å²) >= 11 is 0. The van der Waals surface area contributed by atoms with Crippen molar-refractivity contribution in [2.45, 2.75) is 19.4 Å². The predicted octanol–water partition coefficient (Wildman–Crippen LogP) is 1.16. The molecule has 0 amide bonds. The Bertz CT molecular complexity index is 291. The monoisotopic (exact) mass is 255 g/mol. The maximum atomic E-state index is 11.7. The van der Waals surface area contributed by atoms with Gasteiger partial charge < -0.3 is 9.47 Å². The van der Waals surface area contributed by atoms with Crippen molar-refractivity contribution >= 4 is 11.9 Å². The van der Waals surface area contributed by atoms with Gasteiger partial charge in [0.05, 0.1) is 20.1 Å². The number of rotatable bonds is 9. The molecule has 1 atom stereocenters. The summed E-state index contributed by atoms with van der Waals surface area (Å²) in [7, 11) is 1.29. The van der Waals surface area contributed by atoms with E-state index < -0.39 is 18.0 Å². The van der Waals surface area contributed by atoms with Crippen LogP contribution < -0.4 is 0 Å². The highest BCUT2D eigenvalue weighted by Gasteiger charge is 2.28. The van der Waals surface area contributed by atoms with Gasteiger partial charge in [0.15, 0.2) is 0 Å². The van der Waals surface area contributed by atoms with Crippen molar-refractivity contribution in [1.29, 1.82) is 0 Å². The molecule has 18 heavy (non-hydrogen) atoms.